The Morgan fingerprint density at radius 1 is 1.06 bits per heavy atom. The summed E-state index contributed by atoms with van der Waals surface area (Å²) in [6, 6.07) is 16.0. The molecule has 36 heavy (non-hydrogen) atoms. The van der Waals surface area contributed by atoms with E-state index in [4.69, 9.17) is 23.6 Å². The molecule has 0 fully saturated rings. The van der Waals surface area contributed by atoms with Gasteiger partial charge in [-0.25, -0.2) is 9.78 Å². The van der Waals surface area contributed by atoms with Crippen molar-refractivity contribution in [3.8, 4) is 17.2 Å². The Bertz CT molecular complexity index is 1300. The lowest BCUT2D eigenvalue weighted by Gasteiger charge is -2.16. The summed E-state index contributed by atoms with van der Waals surface area (Å²) in [6.07, 6.45) is 2.00. The molecule has 0 bridgehead atoms. The smallest absolute Gasteiger partial charge is 0.335 e. The van der Waals surface area contributed by atoms with Crippen molar-refractivity contribution < 1.29 is 23.4 Å². The Hall–Kier alpha value is -3.58. The van der Waals surface area contributed by atoms with E-state index < -0.39 is 6.10 Å². The highest BCUT2D eigenvalue weighted by Crippen LogP contribution is 2.27. The molecule has 7 nitrogen and oxygen atoms in total. The van der Waals surface area contributed by atoms with Crippen LogP contribution < -0.4 is 4.74 Å². The molecule has 0 saturated carbocycles. The lowest BCUT2D eigenvalue weighted by atomic mass is 10.0. The average molecular weight is 491 g/mol. The second-order valence-electron chi connectivity index (χ2n) is 8.91. The molecule has 2 aromatic heterocycles. The summed E-state index contributed by atoms with van der Waals surface area (Å²) in [4.78, 5) is 17.1. The third-order valence-electron chi connectivity index (χ3n) is 5.91. The summed E-state index contributed by atoms with van der Waals surface area (Å²) in [5.41, 5.74) is 3.87. The first-order valence-corrected chi connectivity index (χ1v) is 12.5. The number of aromatic nitrogens is 2. The molecule has 1 atom stereocenters. The molecule has 0 aliphatic rings. The van der Waals surface area contributed by atoms with Crippen molar-refractivity contribution in [1.29, 1.82) is 0 Å². The molecule has 0 amide bonds. The minimum Gasteiger partial charge on any atom is -0.491 e. The summed E-state index contributed by atoms with van der Waals surface area (Å²) in [5, 5.41) is 1.08. The highest BCUT2D eigenvalue weighted by Gasteiger charge is 2.22. The van der Waals surface area contributed by atoms with Crippen molar-refractivity contribution in [3.63, 3.8) is 0 Å². The van der Waals surface area contributed by atoms with Crippen molar-refractivity contribution in [2.45, 2.75) is 59.8 Å². The molecule has 0 aliphatic heterocycles. The number of hydrogen-bond acceptors (Lipinski definition) is 6. The molecule has 0 N–H and O–H groups in total. The summed E-state index contributed by atoms with van der Waals surface area (Å²) >= 11 is 0. The van der Waals surface area contributed by atoms with Crippen molar-refractivity contribution in [2.24, 2.45) is 0 Å². The van der Waals surface area contributed by atoms with Crippen LogP contribution in [0.5, 0.6) is 5.75 Å². The van der Waals surface area contributed by atoms with Gasteiger partial charge >= 0.3 is 5.97 Å². The van der Waals surface area contributed by atoms with Gasteiger partial charge in [0.2, 0.25) is 5.89 Å². The first kappa shape index (κ1) is 25.5. The fraction of sp³-hybridized carbons (Fsp3) is 0.379. The third kappa shape index (κ3) is 5.79. The molecule has 7 heteroatoms. The number of carbonyl (C=O) groups excluding carboxylic acids is 1. The number of carbonyl (C=O) groups is 1. The third-order valence-corrected chi connectivity index (χ3v) is 5.91. The molecule has 190 valence electrons. The van der Waals surface area contributed by atoms with E-state index in [1.807, 2.05) is 70.3 Å². The number of hydrogen-bond donors (Lipinski definition) is 0. The van der Waals surface area contributed by atoms with Crippen LogP contribution in [0.4, 0.5) is 0 Å². The summed E-state index contributed by atoms with van der Waals surface area (Å²) < 4.78 is 24.8. The Morgan fingerprint density at radius 2 is 1.83 bits per heavy atom. The first-order valence-electron chi connectivity index (χ1n) is 12.5. The standard InChI is InChI=1S/C29H34N2O5/c1-6-33-27(29(32)34-7-2)17-22-9-8-10-26-24(22)15-16-31(26)18-25-20(5)36-28(30-25)21-11-13-23(14-12-21)35-19(3)4/h8-16,19,27H,6-7,17-18H2,1-5H3. The van der Waals surface area contributed by atoms with E-state index in [9.17, 15) is 4.79 Å². The molecular formula is C29H34N2O5. The quantitative estimate of drug-likeness (QED) is 0.242. The van der Waals surface area contributed by atoms with Crippen molar-refractivity contribution >= 4 is 16.9 Å². The van der Waals surface area contributed by atoms with Crippen LogP contribution in [0.25, 0.3) is 22.4 Å². The normalized spacial score (nSPS) is 12.3. The van der Waals surface area contributed by atoms with Gasteiger partial charge < -0.3 is 23.2 Å². The highest BCUT2D eigenvalue weighted by atomic mass is 16.6. The van der Waals surface area contributed by atoms with Crippen LogP contribution in [0, 0.1) is 6.92 Å². The summed E-state index contributed by atoms with van der Waals surface area (Å²) in [5.74, 6) is 1.86. The molecular weight excluding hydrogens is 456 g/mol. The minimum atomic E-state index is -0.624. The number of rotatable bonds is 11. The van der Waals surface area contributed by atoms with Gasteiger partial charge in [0.05, 0.1) is 19.3 Å². The van der Waals surface area contributed by atoms with Gasteiger partial charge in [0, 0.05) is 35.7 Å². The van der Waals surface area contributed by atoms with Gasteiger partial charge in [0.1, 0.15) is 17.2 Å². The zero-order valence-corrected chi connectivity index (χ0v) is 21.6. The van der Waals surface area contributed by atoms with Gasteiger partial charge in [-0.3, -0.25) is 0 Å². The van der Waals surface area contributed by atoms with Gasteiger partial charge in [-0.1, -0.05) is 12.1 Å². The van der Waals surface area contributed by atoms with E-state index >= 15 is 0 Å². The van der Waals surface area contributed by atoms with Gasteiger partial charge in [-0.2, -0.15) is 0 Å². The fourth-order valence-corrected chi connectivity index (χ4v) is 4.26. The lowest BCUT2D eigenvalue weighted by molar-refractivity contribution is -0.156. The average Bonchev–Trinajstić information content (AvgIpc) is 3.43. The van der Waals surface area contributed by atoms with E-state index in [0.717, 1.165) is 39.2 Å². The number of ether oxygens (including phenoxy) is 3. The van der Waals surface area contributed by atoms with Crippen LogP contribution >= 0.6 is 0 Å². The minimum absolute atomic E-state index is 0.124. The number of nitrogens with zero attached hydrogens (tertiary/aromatic N) is 2. The zero-order chi connectivity index (χ0) is 25.7. The fourth-order valence-electron chi connectivity index (χ4n) is 4.26. The maximum atomic E-state index is 12.4. The van der Waals surface area contributed by atoms with E-state index in [2.05, 4.69) is 16.7 Å². The van der Waals surface area contributed by atoms with E-state index in [1.54, 1.807) is 6.92 Å². The molecule has 4 aromatic rings. The molecule has 2 heterocycles. The summed E-state index contributed by atoms with van der Waals surface area (Å²) in [7, 11) is 0. The SMILES string of the molecule is CCOC(=O)C(Cc1cccc2c1ccn2Cc1nc(-c2ccc(OC(C)C)cc2)oc1C)OCC. The van der Waals surface area contributed by atoms with E-state index in [1.165, 1.54) is 0 Å². The second-order valence-corrected chi connectivity index (χ2v) is 8.91. The molecule has 0 saturated heterocycles. The van der Waals surface area contributed by atoms with Gasteiger partial charge in [-0.15, -0.1) is 0 Å². The van der Waals surface area contributed by atoms with Crippen molar-refractivity contribution in [1.82, 2.24) is 9.55 Å². The maximum absolute atomic E-state index is 12.4. The Balaban J connectivity index is 1.55. The Kier molecular flexibility index (Phi) is 8.10. The van der Waals surface area contributed by atoms with Crippen molar-refractivity contribution in [2.75, 3.05) is 13.2 Å². The number of benzene rings is 2. The molecule has 0 spiro atoms. The van der Waals surface area contributed by atoms with E-state index in [0.29, 0.717) is 32.1 Å². The number of oxazole rings is 1. The van der Waals surface area contributed by atoms with Gasteiger partial charge in [0.15, 0.2) is 6.10 Å². The van der Waals surface area contributed by atoms with Crippen LogP contribution in [0.15, 0.2) is 59.1 Å². The number of esters is 1. The molecule has 4 rings (SSSR count). The van der Waals surface area contributed by atoms with Gasteiger partial charge in [0.25, 0.3) is 0 Å². The predicted octanol–water partition coefficient (Wildman–Crippen LogP) is 5.95. The van der Waals surface area contributed by atoms with E-state index in [-0.39, 0.29) is 12.1 Å². The maximum Gasteiger partial charge on any atom is 0.335 e. The van der Waals surface area contributed by atoms with Crippen LogP contribution in [0.3, 0.4) is 0 Å². The monoisotopic (exact) mass is 490 g/mol. The highest BCUT2D eigenvalue weighted by molar-refractivity contribution is 5.85. The number of aryl methyl sites for hydroxylation is 1. The van der Waals surface area contributed by atoms with Crippen LogP contribution in [0.2, 0.25) is 0 Å². The molecule has 0 radical (unpaired) electrons. The van der Waals surface area contributed by atoms with Crippen molar-refractivity contribution in [3.05, 3.63) is 71.7 Å². The Morgan fingerprint density at radius 3 is 2.53 bits per heavy atom. The lowest BCUT2D eigenvalue weighted by Crippen LogP contribution is -2.29. The first-order chi connectivity index (χ1) is 17.4. The molecule has 2 aromatic carbocycles. The summed E-state index contributed by atoms with van der Waals surface area (Å²) in [6.45, 7) is 11.0. The topological polar surface area (TPSA) is 75.7 Å². The second kappa shape index (κ2) is 11.4. The zero-order valence-electron chi connectivity index (χ0n) is 21.6. The van der Waals surface area contributed by atoms with Gasteiger partial charge in [-0.05, 0) is 76.6 Å². The predicted molar refractivity (Wildman–Crippen MR) is 139 cm³/mol. The molecule has 1 unspecified atom stereocenters. The van der Waals surface area contributed by atoms with Crippen LogP contribution in [0.1, 0.15) is 44.7 Å². The Labute approximate surface area is 212 Å². The van der Waals surface area contributed by atoms with Crippen LogP contribution in [-0.2, 0) is 27.2 Å². The largest absolute Gasteiger partial charge is 0.491 e. The molecule has 0 aliphatic carbocycles. The number of fused-ring (bicyclic) bond motifs is 1. The van der Waals surface area contributed by atoms with Crippen LogP contribution in [-0.4, -0.2) is 40.9 Å².